The summed E-state index contributed by atoms with van der Waals surface area (Å²) in [5, 5.41) is 0. The Labute approximate surface area is 95.0 Å². The second kappa shape index (κ2) is 4.04. The number of benzene rings is 1. The number of rotatable bonds is 4. The number of hydrogen-bond acceptors (Lipinski definition) is 3. The lowest BCUT2D eigenvalue weighted by Gasteiger charge is -2.15. The van der Waals surface area contributed by atoms with E-state index in [1.54, 1.807) is 12.1 Å². The molecule has 2 rings (SSSR count). The van der Waals surface area contributed by atoms with Gasteiger partial charge in [-0.25, -0.2) is 0 Å². The Balaban J connectivity index is 2.31. The van der Waals surface area contributed by atoms with Gasteiger partial charge in [-0.2, -0.15) is 0 Å². The van der Waals surface area contributed by atoms with E-state index in [2.05, 4.69) is 0 Å². The topological polar surface area (TPSA) is 55.6 Å². The summed E-state index contributed by atoms with van der Waals surface area (Å²) in [6, 6.07) is 5.39. The van der Waals surface area contributed by atoms with Crippen molar-refractivity contribution in [1.82, 2.24) is 0 Å². The van der Waals surface area contributed by atoms with Gasteiger partial charge < -0.3 is 15.4 Å². The van der Waals surface area contributed by atoms with Crippen LogP contribution in [0.25, 0.3) is 0 Å². The average Bonchev–Trinajstić information content (AvgIpc) is 3.01. The van der Waals surface area contributed by atoms with E-state index in [1.165, 1.54) is 0 Å². The minimum Gasteiger partial charge on any atom is -0.490 e. The lowest BCUT2D eigenvalue weighted by atomic mass is 10.1. The Bertz CT molecular complexity index is 411. The van der Waals surface area contributed by atoms with Crippen LogP contribution in [0, 0.1) is 0 Å². The minimum absolute atomic E-state index is 0.318. The Morgan fingerprint density at radius 1 is 1.38 bits per heavy atom. The van der Waals surface area contributed by atoms with Crippen molar-refractivity contribution in [3.8, 4) is 5.75 Å². The molecule has 1 saturated carbocycles. The first-order valence-corrected chi connectivity index (χ1v) is 5.35. The van der Waals surface area contributed by atoms with Crippen molar-refractivity contribution in [2.45, 2.75) is 18.9 Å². The molecule has 0 unspecified atom stereocenters. The van der Waals surface area contributed by atoms with Gasteiger partial charge in [0.1, 0.15) is 5.75 Å². The predicted octanol–water partition coefficient (Wildman–Crippen LogP) is 1.39. The van der Waals surface area contributed by atoms with Crippen molar-refractivity contribution in [2.24, 2.45) is 5.73 Å². The summed E-state index contributed by atoms with van der Waals surface area (Å²) >= 11 is 0. The number of nitrogens with zero attached hydrogens (tertiary/aromatic N) is 1. The molecule has 16 heavy (non-hydrogen) atoms. The fraction of sp³-hybridized carbons (Fsp3) is 0.417. The SMILES string of the molecule is CN(C)c1cc(OC2CC2)cc(C(N)=O)c1. The molecular weight excluding hydrogens is 204 g/mol. The van der Waals surface area contributed by atoms with Crippen molar-refractivity contribution in [3.63, 3.8) is 0 Å². The maximum Gasteiger partial charge on any atom is 0.248 e. The molecule has 1 fully saturated rings. The van der Waals surface area contributed by atoms with Crippen LogP contribution >= 0.6 is 0 Å². The highest BCUT2D eigenvalue weighted by Crippen LogP contribution is 2.30. The Hall–Kier alpha value is -1.71. The van der Waals surface area contributed by atoms with E-state index in [0.29, 0.717) is 11.7 Å². The number of primary amides is 1. The van der Waals surface area contributed by atoms with E-state index in [-0.39, 0.29) is 0 Å². The summed E-state index contributed by atoms with van der Waals surface area (Å²) in [5.41, 5.74) is 6.70. The first-order chi connectivity index (χ1) is 7.56. The molecule has 1 aromatic carbocycles. The van der Waals surface area contributed by atoms with Crippen molar-refractivity contribution >= 4 is 11.6 Å². The number of carbonyl (C=O) groups is 1. The second-order valence-electron chi connectivity index (χ2n) is 4.29. The zero-order valence-electron chi connectivity index (χ0n) is 9.56. The first kappa shape index (κ1) is 10.8. The van der Waals surface area contributed by atoms with Gasteiger partial charge in [0.2, 0.25) is 5.91 Å². The Morgan fingerprint density at radius 3 is 2.56 bits per heavy atom. The van der Waals surface area contributed by atoms with Gasteiger partial charge in [0.25, 0.3) is 0 Å². The molecule has 1 amide bonds. The summed E-state index contributed by atoms with van der Waals surface area (Å²) in [6.07, 6.45) is 2.51. The molecule has 0 aliphatic heterocycles. The second-order valence-corrected chi connectivity index (χ2v) is 4.29. The molecule has 1 aliphatic carbocycles. The maximum atomic E-state index is 11.2. The third-order valence-corrected chi connectivity index (χ3v) is 2.52. The normalized spacial score (nSPS) is 14.6. The fourth-order valence-corrected chi connectivity index (χ4v) is 1.43. The molecule has 0 spiro atoms. The summed E-state index contributed by atoms with van der Waals surface area (Å²) in [4.78, 5) is 13.1. The zero-order valence-corrected chi connectivity index (χ0v) is 9.56. The van der Waals surface area contributed by atoms with Gasteiger partial charge in [-0.15, -0.1) is 0 Å². The van der Waals surface area contributed by atoms with E-state index >= 15 is 0 Å². The van der Waals surface area contributed by atoms with E-state index < -0.39 is 5.91 Å². The molecule has 1 aliphatic rings. The van der Waals surface area contributed by atoms with E-state index in [4.69, 9.17) is 10.5 Å². The van der Waals surface area contributed by atoms with Crippen LogP contribution in [0.1, 0.15) is 23.2 Å². The maximum absolute atomic E-state index is 11.2. The highest BCUT2D eigenvalue weighted by molar-refractivity contribution is 5.94. The molecular formula is C12H16N2O2. The molecule has 0 bridgehead atoms. The zero-order chi connectivity index (χ0) is 11.7. The average molecular weight is 220 g/mol. The molecule has 0 heterocycles. The van der Waals surface area contributed by atoms with Gasteiger partial charge >= 0.3 is 0 Å². The number of ether oxygens (including phenoxy) is 1. The summed E-state index contributed by atoms with van der Waals surface area (Å²) in [6.45, 7) is 0. The monoisotopic (exact) mass is 220 g/mol. The van der Waals surface area contributed by atoms with E-state index in [1.807, 2.05) is 25.1 Å². The predicted molar refractivity (Wildman–Crippen MR) is 62.9 cm³/mol. The van der Waals surface area contributed by atoms with Crippen molar-refractivity contribution in [2.75, 3.05) is 19.0 Å². The number of anilines is 1. The Morgan fingerprint density at radius 2 is 2.06 bits per heavy atom. The molecule has 0 aromatic heterocycles. The van der Waals surface area contributed by atoms with Gasteiger partial charge in [-0.3, -0.25) is 4.79 Å². The Kier molecular flexibility index (Phi) is 2.73. The van der Waals surface area contributed by atoms with E-state index in [9.17, 15) is 4.79 Å². The molecule has 4 heteroatoms. The third-order valence-electron chi connectivity index (χ3n) is 2.52. The highest BCUT2D eigenvalue weighted by Gasteiger charge is 2.24. The van der Waals surface area contributed by atoms with Gasteiger partial charge in [-0.1, -0.05) is 0 Å². The largest absolute Gasteiger partial charge is 0.490 e. The molecule has 0 radical (unpaired) electrons. The van der Waals surface area contributed by atoms with Crippen LogP contribution in [0.15, 0.2) is 18.2 Å². The van der Waals surface area contributed by atoms with Crippen LogP contribution in [-0.4, -0.2) is 26.1 Å². The molecule has 4 nitrogen and oxygen atoms in total. The summed E-state index contributed by atoms with van der Waals surface area (Å²) in [7, 11) is 3.84. The lowest BCUT2D eigenvalue weighted by Crippen LogP contribution is -2.14. The first-order valence-electron chi connectivity index (χ1n) is 5.35. The molecule has 0 saturated heterocycles. The van der Waals surface area contributed by atoms with Crippen LogP contribution in [0.4, 0.5) is 5.69 Å². The minimum atomic E-state index is -0.427. The van der Waals surface area contributed by atoms with Crippen molar-refractivity contribution < 1.29 is 9.53 Å². The molecule has 1 aromatic rings. The van der Waals surface area contributed by atoms with Gasteiger partial charge in [0.05, 0.1) is 6.10 Å². The fourth-order valence-electron chi connectivity index (χ4n) is 1.43. The van der Waals surface area contributed by atoms with Crippen LogP contribution in [0.2, 0.25) is 0 Å². The standard InChI is InChI=1S/C12H16N2O2/c1-14(2)9-5-8(12(13)15)6-11(7-9)16-10-3-4-10/h5-7,10H,3-4H2,1-2H3,(H2,13,15). The number of carbonyl (C=O) groups excluding carboxylic acids is 1. The molecule has 0 atom stereocenters. The lowest BCUT2D eigenvalue weighted by molar-refractivity contribution is 0.1000. The van der Waals surface area contributed by atoms with Gasteiger partial charge in [0.15, 0.2) is 0 Å². The van der Waals surface area contributed by atoms with Gasteiger partial charge in [-0.05, 0) is 25.0 Å². The van der Waals surface area contributed by atoms with Crippen LogP contribution in [0.3, 0.4) is 0 Å². The van der Waals surface area contributed by atoms with Crippen LogP contribution in [0.5, 0.6) is 5.75 Å². The number of nitrogens with two attached hydrogens (primary N) is 1. The molecule has 2 N–H and O–H groups in total. The van der Waals surface area contributed by atoms with Crippen LogP contribution in [-0.2, 0) is 0 Å². The smallest absolute Gasteiger partial charge is 0.248 e. The number of hydrogen-bond donors (Lipinski definition) is 1. The molecule has 86 valence electrons. The number of amides is 1. The highest BCUT2D eigenvalue weighted by atomic mass is 16.5. The van der Waals surface area contributed by atoms with Crippen LogP contribution < -0.4 is 15.4 Å². The van der Waals surface area contributed by atoms with Crippen molar-refractivity contribution in [1.29, 1.82) is 0 Å². The quantitative estimate of drug-likeness (QED) is 0.834. The summed E-state index contributed by atoms with van der Waals surface area (Å²) in [5.74, 6) is 0.298. The third kappa shape index (κ3) is 2.45. The van der Waals surface area contributed by atoms with Crippen molar-refractivity contribution in [3.05, 3.63) is 23.8 Å². The van der Waals surface area contributed by atoms with E-state index in [0.717, 1.165) is 24.3 Å². The van der Waals surface area contributed by atoms with Gasteiger partial charge in [0, 0.05) is 31.4 Å². The summed E-state index contributed by atoms with van der Waals surface area (Å²) < 4.78 is 5.67.